The number of benzene rings is 1. The predicted molar refractivity (Wildman–Crippen MR) is 66.6 cm³/mol. The van der Waals surface area contributed by atoms with Crippen molar-refractivity contribution in [3.05, 3.63) is 53.4 Å². The second-order valence-electron chi connectivity index (χ2n) is 3.45. The molecule has 0 N–H and O–H groups in total. The van der Waals surface area contributed by atoms with Crippen LogP contribution < -0.4 is 0 Å². The minimum absolute atomic E-state index is 0.966. The van der Waals surface area contributed by atoms with Crippen LogP contribution in [0.15, 0.2) is 53.4 Å². The molecule has 0 saturated heterocycles. The van der Waals surface area contributed by atoms with Crippen LogP contribution in [0.25, 0.3) is 16.6 Å². The van der Waals surface area contributed by atoms with E-state index in [1.807, 2.05) is 41.2 Å². The first kappa shape index (κ1) is 9.54. The van der Waals surface area contributed by atoms with Gasteiger partial charge in [-0.3, -0.25) is 4.98 Å². The normalized spacial score (nSPS) is 10.8. The lowest BCUT2D eigenvalue weighted by Gasteiger charge is -2.05. The number of aromatic nitrogens is 3. The fourth-order valence-corrected chi connectivity index (χ4v) is 2.00. The Balaban J connectivity index is 2.31. The summed E-state index contributed by atoms with van der Waals surface area (Å²) in [6, 6.07) is 10.00. The molecule has 3 rings (SSSR count). The molecule has 3 nitrogen and oxygen atoms in total. The summed E-state index contributed by atoms with van der Waals surface area (Å²) in [6.07, 6.45) is 5.50. The topological polar surface area (TPSA) is 30.7 Å². The van der Waals surface area contributed by atoms with Crippen LogP contribution >= 0.6 is 15.9 Å². The quantitative estimate of drug-likeness (QED) is 0.682. The number of hydrogen-bond donors (Lipinski definition) is 0. The first-order valence-electron chi connectivity index (χ1n) is 4.89. The van der Waals surface area contributed by atoms with E-state index in [1.54, 1.807) is 12.4 Å². The van der Waals surface area contributed by atoms with Crippen LogP contribution in [0.4, 0.5) is 0 Å². The molecule has 2 heterocycles. The van der Waals surface area contributed by atoms with Gasteiger partial charge >= 0.3 is 0 Å². The summed E-state index contributed by atoms with van der Waals surface area (Å²) in [4.78, 5) is 4.32. The number of halogens is 1. The Labute approximate surface area is 101 Å². The van der Waals surface area contributed by atoms with Crippen LogP contribution in [-0.2, 0) is 0 Å². The zero-order chi connectivity index (χ0) is 11.0. The molecule has 16 heavy (non-hydrogen) atoms. The van der Waals surface area contributed by atoms with E-state index in [0.29, 0.717) is 0 Å². The van der Waals surface area contributed by atoms with Gasteiger partial charge in [0.25, 0.3) is 0 Å². The summed E-state index contributed by atoms with van der Waals surface area (Å²) in [6.45, 7) is 0. The monoisotopic (exact) mass is 273 g/mol. The smallest absolute Gasteiger partial charge is 0.0740 e. The van der Waals surface area contributed by atoms with Crippen molar-refractivity contribution < 1.29 is 0 Å². The third kappa shape index (κ3) is 1.51. The maximum absolute atomic E-state index is 4.32. The van der Waals surface area contributed by atoms with Crippen LogP contribution in [0.3, 0.4) is 0 Å². The summed E-state index contributed by atoms with van der Waals surface area (Å²) in [5.74, 6) is 0. The number of pyridine rings is 1. The zero-order valence-electron chi connectivity index (χ0n) is 8.34. The second kappa shape index (κ2) is 3.72. The summed E-state index contributed by atoms with van der Waals surface area (Å²) >= 11 is 3.39. The highest BCUT2D eigenvalue weighted by atomic mass is 79.9. The molecule has 0 radical (unpaired) electrons. The third-order valence-electron chi connectivity index (χ3n) is 2.42. The standard InChI is InChI=1S/C12H8BrN3/c13-9-7-15-16(8-9)12-5-1-4-11-10(12)3-2-6-14-11/h1-8H. The molecule has 1 aromatic carbocycles. The Kier molecular flexibility index (Phi) is 2.22. The molecular formula is C12H8BrN3. The van der Waals surface area contributed by atoms with Crippen LogP contribution in [0.5, 0.6) is 0 Å². The van der Waals surface area contributed by atoms with E-state index in [1.165, 1.54) is 0 Å². The van der Waals surface area contributed by atoms with Gasteiger partial charge in [0.15, 0.2) is 0 Å². The van der Waals surface area contributed by atoms with Gasteiger partial charge in [0, 0.05) is 17.8 Å². The molecule has 0 saturated carbocycles. The molecule has 0 aliphatic carbocycles. The Morgan fingerprint density at radius 1 is 1.12 bits per heavy atom. The van der Waals surface area contributed by atoms with E-state index in [2.05, 4.69) is 26.0 Å². The Bertz CT molecular complexity index is 640. The molecule has 0 unspecified atom stereocenters. The summed E-state index contributed by atoms with van der Waals surface area (Å²) in [5.41, 5.74) is 2.02. The highest BCUT2D eigenvalue weighted by molar-refractivity contribution is 9.10. The lowest BCUT2D eigenvalue weighted by molar-refractivity contribution is 0.887. The van der Waals surface area contributed by atoms with Gasteiger partial charge in [-0.15, -0.1) is 0 Å². The van der Waals surface area contributed by atoms with E-state index in [-0.39, 0.29) is 0 Å². The molecular weight excluding hydrogens is 266 g/mol. The first-order valence-corrected chi connectivity index (χ1v) is 5.68. The summed E-state index contributed by atoms with van der Waals surface area (Å²) in [7, 11) is 0. The van der Waals surface area contributed by atoms with Crippen molar-refractivity contribution in [3.8, 4) is 5.69 Å². The lowest BCUT2D eigenvalue weighted by atomic mass is 10.2. The number of nitrogens with zero attached hydrogens (tertiary/aromatic N) is 3. The molecule has 4 heteroatoms. The van der Waals surface area contributed by atoms with Gasteiger partial charge in [-0.25, -0.2) is 4.68 Å². The van der Waals surface area contributed by atoms with Crippen molar-refractivity contribution in [1.82, 2.24) is 14.8 Å². The summed E-state index contributed by atoms with van der Waals surface area (Å²) < 4.78 is 2.81. The first-order chi connectivity index (χ1) is 7.84. The zero-order valence-corrected chi connectivity index (χ0v) is 9.92. The molecule has 0 aliphatic heterocycles. The minimum Gasteiger partial charge on any atom is -0.256 e. The minimum atomic E-state index is 0.966. The van der Waals surface area contributed by atoms with Gasteiger partial charge in [-0.05, 0) is 40.2 Å². The van der Waals surface area contributed by atoms with Crippen molar-refractivity contribution in [3.63, 3.8) is 0 Å². The molecule has 0 amide bonds. The highest BCUT2D eigenvalue weighted by Crippen LogP contribution is 2.21. The molecule has 0 bridgehead atoms. The number of rotatable bonds is 1. The van der Waals surface area contributed by atoms with Crippen molar-refractivity contribution >= 4 is 26.8 Å². The van der Waals surface area contributed by atoms with E-state index >= 15 is 0 Å². The number of fused-ring (bicyclic) bond motifs is 1. The maximum Gasteiger partial charge on any atom is 0.0740 e. The van der Waals surface area contributed by atoms with Crippen molar-refractivity contribution in [2.24, 2.45) is 0 Å². The highest BCUT2D eigenvalue weighted by Gasteiger charge is 2.04. The molecule has 0 spiro atoms. The lowest BCUT2D eigenvalue weighted by Crippen LogP contribution is -1.95. The van der Waals surface area contributed by atoms with Gasteiger partial charge in [0.05, 0.1) is 21.9 Å². The van der Waals surface area contributed by atoms with Crippen molar-refractivity contribution in [2.45, 2.75) is 0 Å². The number of hydrogen-bond acceptors (Lipinski definition) is 2. The largest absolute Gasteiger partial charge is 0.256 e. The Morgan fingerprint density at radius 3 is 2.88 bits per heavy atom. The molecule has 3 aromatic rings. The van der Waals surface area contributed by atoms with Gasteiger partial charge in [-0.2, -0.15) is 5.10 Å². The van der Waals surface area contributed by atoms with Crippen LogP contribution in [0, 0.1) is 0 Å². The van der Waals surface area contributed by atoms with Gasteiger partial charge in [-0.1, -0.05) is 6.07 Å². The van der Waals surface area contributed by atoms with E-state index < -0.39 is 0 Å². The van der Waals surface area contributed by atoms with Crippen molar-refractivity contribution in [2.75, 3.05) is 0 Å². The molecule has 0 fully saturated rings. The third-order valence-corrected chi connectivity index (χ3v) is 2.83. The molecule has 0 aliphatic rings. The molecule has 78 valence electrons. The van der Waals surface area contributed by atoms with Crippen molar-refractivity contribution in [1.29, 1.82) is 0 Å². The van der Waals surface area contributed by atoms with Gasteiger partial charge < -0.3 is 0 Å². The van der Waals surface area contributed by atoms with Crippen LogP contribution in [0.1, 0.15) is 0 Å². The average Bonchev–Trinajstić information content (AvgIpc) is 2.75. The molecule has 0 atom stereocenters. The Hall–Kier alpha value is -1.68. The van der Waals surface area contributed by atoms with Gasteiger partial charge in [0.1, 0.15) is 0 Å². The van der Waals surface area contributed by atoms with E-state index in [0.717, 1.165) is 21.1 Å². The van der Waals surface area contributed by atoms with Crippen LogP contribution in [0.2, 0.25) is 0 Å². The van der Waals surface area contributed by atoms with E-state index in [4.69, 9.17) is 0 Å². The second-order valence-corrected chi connectivity index (χ2v) is 4.37. The summed E-state index contributed by atoms with van der Waals surface area (Å²) in [5, 5.41) is 5.38. The fourth-order valence-electron chi connectivity index (χ4n) is 1.72. The van der Waals surface area contributed by atoms with Gasteiger partial charge in [0.2, 0.25) is 0 Å². The van der Waals surface area contributed by atoms with Crippen LogP contribution in [-0.4, -0.2) is 14.8 Å². The SMILES string of the molecule is Brc1cnn(-c2cccc3ncccc23)c1. The Morgan fingerprint density at radius 2 is 2.06 bits per heavy atom. The maximum atomic E-state index is 4.32. The average molecular weight is 274 g/mol. The predicted octanol–water partition coefficient (Wildman–Crippen LogP) is 3.18. The molecule has 2 aromatic heterocycles. The van der Waals surface area contributed by atoms with E-state index in [9.17, 15) is 0 Å². The fraction of sp³-hybridized carbons (Fsp3) is 0.